The molecule has 4 nitrogen and oxygen atoms in total. The quantitative estimate of drug-likeness (QED) is 0.223. The fourth-order valence-corrected chi connectivity index (χ4v) is 1.63. The van der Waals surface area contributed by atoms with E-state index in [9.17, 15) is 0 Å². The standard InChI is InChI=1S/C13H21N3O/c1-2-3-4-8-15-10-11-6-5-7-12(9-11)13(14)16-17/h5-7,9,15,17H,2-4,8,10H2,1H3,(H2,14,16). The number of benzene rings is 1. The summed E-state index contributed by atoms with van der Waals surface area (Å²) >= 11 is 0. The highest BCUT2D eigenvalue weighted by atomic mass is 16.4. The van der Waals surface area contributed by atoms with Crippen LogP contribution >= 0.6 is 0 Å². The summed E-state index contributed by atoms with van der Waals surface area (Å²) in [6.07, 6.45) is 3.70. The summed E-state index contributed by atoms with van der Waals surface area (Å²) in [5.74, 6) is 0.151. The van der Waals surface area contributed by atoms with Crippen LogP contribution in [0.2, 0.25) is 0 Å². The molecule has 0 aliphatic rings. The predicted octanol–water partition coefficient (Wildman–Crippen LogP) is 2.06. The maximum absolute atomic E-state index is 8.60. The monoisotopic (exact) mass is 235 g/mol. The van der Waals surface area contributed by atoms with E-state index in [0.717, 1.165) is 24.2 Å². The molecule has 0 aliphatic heterocycles. The van der Waals surface area contributed by atoms with E-state index in [1.165, 1.54) is 19.3 Å². The lowest BCUT2D eigenvalue weighted by Crippen LogP contribution is -2.16. The first-order valence-electron chi connectivity index (χ1n) is 6.05. The van der Waals surface area contributed by atoms with Gasteiger partial charge in [0.25, 0.3) is 0 Å². The molecule has 0 saturated heterocycles. The third-order valence-corrected chi connectivity index (χ3v) is 2.62. The molecule has 0 heterocycles. The van der Waals surface area contributed by atoms with Crippen molar-refractivity contribution in [3.8, 4) is 0 Å². The minimum atomic E-state index is 0.151. The highest BCUT2D eigenvalue weighted by Gasteiger charge is 2.00. The van der Waals surface area contributed by atoms with Crippen LogP contribution in [0.4, 0.5) is 0 Å². The van der Waals surface area contributed by atoms with Crippen LogP contribution in [-0.2, 0) is 6.54 Å². The number of amidine groups is 1. The lowest BCUT2D eigenvalue weighted by Gasteiger charge is -2.06. The Balaban J connectivity index is 2.43. The average molecular weight is 235 g/mol. The molecule has 17 heavy (non-hydrogen) atoms. The van der Waals surface area contributed by atoms with E-state index in [1.807, 2.05) is 24.3 Å². The molecule has 4 heteroatoms. The van der Waals surface area contributed by atoms with Gasteiger partial charge in [0.2, 0.25) is 0 Å². The topological polar surface area (TPSA) is 70.6 Å². The maximum Gasteiger partial charge on any atom is 0.170 e. The summed E-state index contributed by atoms with van der Waals surface area (Å²) < 4.78 is 0. The van der Waals surface area contributed by atoms with E-state index >= 15 is 0 Å². The zero-order chi connectivity index (χ0) is 12.5. The van der Waals surface area contributed by atoms with Crippen LogP contribution in [0.25, 0.3) is 0 Å². The van der Waals surface area contributed by atoms with Crippen molar-refractivity contribution in [1.82, 2.24) is 5.32 Å². The van der Waals surface area contributed by atoms with E-state index in [1.54, 1.807) is 0 Å². The van der Waals surface area contributed by atoms with E-state index < -0.39 is 0 Å². The van der Waals surface area contributed by atoms with E-state index in [2.05, 4.69) is 17.4 Å². The molecule has 0 spiro atoms. The van der Waals surface area contributed by atoms with Gasteiger partial charge in [0.1, 0.15) is 0 Å². The summed E-state index contributed by atoms with van der Waals surface area (Å²) in [5.41, 5.74) is 7.43. The molecule has 0 unspecified atom stereocenters. The van der Waals surface area contributed by atoms with Crippen LogP contribution < -0.4 is 11.1 Å². The highest BCUT2D eigenvalue weighted by molar-refractivity contribution is 5.97. The van der Waals surface area contributed by atoms with Gasteiger partial charge in [-0.25, -0.2) is 0 Å². The Morgan fingerprint density at radius 1 is 1.41 bits per heavy atom. The van der Waals surface area contributed by atoms with Gasteiger partial charge in [-0.2, -0.15) is 0 Å². The Kier molecular flexibility index (Phi) is 6.10. The van der Waals surface area contributed by atoms with Gasteiger partial charge in [-0.3, -0.25) is 0 Å². The number of nitrogens with zero attached hydrogens (tertiary/aromatic N) is 1. The van der Waals surface area contributed by atoms with Crippen LogP contribution in [0.5, 0.6) is 0 Å². The van der Waals surface area contributed by atoms with Gasteiger partial charge in [0, 0.05) is 12.1 Å². The fourth-order valence-electron chi connectivity index (χ4n) is 1.63. The summed E-state index contributed by atoms with van der Waals surface area (Å²) in [4.78, 5) is 0. The number of hydrogen-bond donors (Lipinski definition) is 3. The number of nitrogens with one attached hydrogen (secondary N) is 1. The number of rotatable bonds is 7. The molecule has 0 fully saturated rings. The van der Waals surface area contributed by atoms with Crippen molar-refractivity contribution in [2.75, 3.05) is 6.54 Å². The van der Waals surface area contributed by atoms with Crippen molar-refractivity contribution >= 4 is 5.84 Å². The summed E-state index contributed by atoms with van der Waals surface area (Å²) in [6.45, 7) is 4.04. The van der Waals surface area contributed by atoms with Crippen LogP contribution in [0.3, 0.4) is 0 Å². The minimum absolute atomic E-state index is 0.151. The Hall–Kier alpha value is -1.55. The smallest absolute Gasteiger partial charge is 0.170 e. The molecule has 1 aromatic carbocycles. The second-order valence-corrected chi connectivity index (χ2v) is 4.07. The lowest BCUT2D eigenvalue weighted by atomic mass is 10.1. The van der Waals surface area contributed by atoms with E-state index in [0.29, 0.717) is 0 Å². The number of unbranched alkanes of at least 4 members (excludes halogenated alkanes) is 2. The van der Waals surface area contributed by atoms with Crippen molar-refractivity contribution in [3.05, 3.63) is 35.4 Å². The molecular weight excluding hydrogens is 214 g/mol. The molecule has 0 saturated carbocycles. The average Bonchev–Trinajstić information content (AvgIpc) is 2.38. The van der Waals surface area contributed by atoms with Crippen LogP contribution in [-0.4, -0.2) is 17.6 Å². The number of oxime groups is 1. The zero-order valence-electron chi connectivity index (χ0n) is 10.3. The summed E-state index contributed by atoms with van der Waals surface area (Å²) in [5, 5.41) is 15.0. The molecule has 0 atom stereocenters. The third kappa shape index (κ3) is 4.87. The number of nitrogens with two attached hydrogens (primary N) is 1. The van der Waals surface area contributed by atoms with E-state index in [-0.39, 0.29) is 5.84 Å². The molecular formula is C13H21N3O. The molecule has 4 N–H and O–H groups in total. The maximum atomic E-state index is 8.60. The lowest BCUT2D eigenvalue weighted by molar-refractivity contribution is 0.318. The molecule has 94 valence electrons. The van der Waals surface area contributed by atoms with Crippen LogP contribution in [0.15, 0.2) is 29.4 Å². The van der Waals surface area contributed by atoms with Crippen molar-refractivity contribution < 1.29 is 5.21 Å². The molecule has 0 amide bonds. The van der Waals surface area contributed by atoms with E-state index in [4.69, 9.17) is 10.9 Å². The predicted molar refractivity (Wildman–Crippen MR) is 70.2 cm³/mol. The first-order chi connectivity index (χ1) is 8.27. The van der Waals surface area contributed by atoms with Crippen molar-refractivity contribution in [2.45, 2.75) is 32.7 Å². The highest BCUT2D eigenvalue weighted by Crippen LogP contribution is 2.05. The van der Waals surface area contributed by atoms with Gasteiger partial charge in [0.05, 0.1) is 0 Å². The fraction of sp³-hybridized carbons (Fsp3) is 0.462. The molecule has 1 aromatic rings. The SMILES string of the molecule is CCCCCNCc1cccc(C(N)=NO)c1. The van der Waals surface area contributed by atoms with Gasteiger partial charge in [-0.05, 0) is 24.6 Å². The van der Waals surface area contributed by atoms with Gasteiger partial charge in [0.15, 0.2) is 5.84 Å². The zero-order valence-corrected chi connectivity index (χ0v) is 10.3. The summed E-state index contributed by atoms with van der Waals surface area (Å²) in [6, 6.07) is 7.70. The summed E-state index contributed by atoms with van der Waals surface area (Å²) in [7, 11) is 0. The van der Waals surface area contributed by atoms with Gasteiger partial charge in [-0.1, -0.05) is 43.1 Å². The molecule has 0 aliphatic carbocycles. The first-order valence-corrected chi connectivity index (χ1v) is 6.05. The molecule has 0 bridgehead atoms. The van der Waals surface area contributed by atoms with Gasteiger partial charge in [-0.15, -0.1) is 0 Å². The number of hydrogen-bond acceptors (Lipinski definition) is 3. The Morgan fingerprint density at radius 3 is 2.94 bits per heavy atom. The molecule has 1 rings (SSSR count). The van der Waals surface area contributed by atoms with Crippen LogP contribution in [0, 0.1) is 0 Å². The second-order valence-electron chi connectivity index (χ2n) is 4.07. The Morgan fingerprint density at radius 2 is 2.24 bits per heavy atom. The van der Waals surface area contributed by atoms with Crippen LogP contribution in [0.1, 0.15) is 37.3 Å². The Labute approximate surface area is 103 Å². The Bertz CT molecular complexity index is 363. The van der Waals surface area contributed by atoms with Crippen molar-refractivity contribution in [3.63, 3.8) is 0 Å². The first kappa shape index (κ1) is 13.5. The second kappa shape index (κ2) is 7.68. The largest absolute Gasteiger partial charge is 0.409 e. The third-order valence-electron chi connectivity index (χ3n) is 2.62. The normalized spacial score (nSPS) is 11.7. The molecule has 0 aromatic heterocycles. The minimum Gasteiger partial charge on any atom is -0.409 e. The van der Waals surface area contributed by atoms with Crippen molar-refractivity contribution in [2.24, 2.45) is 10.9 Å². The van der Waals surface area contributed by atoms with Gasteiger partial charge < -0.3 is 16.3 Å². The molecule has 0 radical (unpaired) electrons. The van der Waals surface area contributed by atoms with Crippen molar-refractivity contribution in [1.29, 1.82) is 0 Å². The van der Waals surface area contributed by atoms with Gasteiger partial charge >= 0.3 is 0 Å².